The number of aliphatic hydroxyl groups is 1. The molecule has 1 aromatic heterocycles. The molecule has 1 aliphatic heterocycles. The number of fused-ring (bicyclic) bond motifs is 1. The Kier molecular flexibility index (Phi) is 8.99. The smallest absolute Gasteiger partial charge is 0.247 e. The molecule has 0 spiro atoms. The van der Waals surface area contributed by atoms with Crippen LogP contribution >= 0.6 is 0 Å². The number of hydrogen-bond donors (Lipinski definition) is 1. The maximum absolute atomic E-state index is 13.5. The van der Waals surface area contributed by atoms with Gasteiger partial charge in [0, 0.05) is 62.2 Å². The largest absolute Gasteiger partial charge is 0.487 e. The highest BCUT2D eigenvalue weighted by molar-refractivity contribution is 7.89. The summed E-state index contributed by atoms with van der Waals surface area (Å²) < 4.78 is 39.7. The van der Waals surface area contributed by atoms with Crippen LogP contribution in [0.3, 0.4) is 0 Å². The lowest BCUT2D eigenvalue weighted by Gasteiger charge is -2.37. The molecule has 1 aromatic carbocycles. The molecule has 9 nitrogen and oxygen atoms in total. The number of sulfonamides is 1. The van der Waals surface area contributed by atoms with Gasteiger partial charge in [0.05, 0.1) is 6.61 Å². The highest BCUT2D eigenvalue weighted by atomic mass is 32.2. The van der Waals surface area contributed by atoms with Crippen LogP contribution in [0.5, 0.6) is 5.75 Å². The third kappa shape index (κ3) is 6.31. The number of nitrogens with zero attached hydrogens (tertiary/aromatic N) is 4. The maximum Gasteiger partial charge on any atom is 0.247 e. The fourth-order valence-electron chi connectivity index (χ4n) is 3.83. The highest BCUT2D eigenvalue weighted by Crippen LogP contribution is 2.34. The van der Waals surface area contributed by atoms with Crippen LogP contribution in [0.25, 0.3) is 0 Å². The number of aliphatic hydroxyl groups excluding tert-OH is 1. The van der Waals surface area contributed by atoms with Gasteiger partial charge < -0.3 is 14.6 Å². The first-order chi connectivity index (χ1) is 16.3. The maximum atomic E-state index is 13.5. The van der Waals surface area contributed by atoms with Crippen LogP contribution in [0.2, 0.25) is 0 Å². The summed E-state index contributed by atoms with van der Waals surface area (Å²) in [6.45, 7) is 5.06. The molecule has 1 N–H and O–H groups in total. The molecule has 10 heteroatoms. The Morgan fingerprint density at radius 1 is 1.35 bits per heavy atom. The average Bonchev–Trinajstić information content (AvgIpc) is 2.81. The van der Waals surface area contributed by atoms with Crippen LogP contribution in [-0.2, 0) is 21.3 Å². The van der Waals surface area contributed by atoms with E-state index in [2.05, 4.69) is 26.7 Å². The first kappa shape index (κ1) is 26.1. The van der Waals surface area contributed by atoms with Crippen molar-refractivity contribution < 1.29 is 23.0 Å². The van der Waals surface area contributed by atoms with Gasteiger partial charge in [-0.05, 0) is 32.2 Å². The zero-order chi connectivity index (χ0) is 24.7. The molecule has 1 aliphatic rings. The molecule has 0 saturated carbocycles. The Hall–Kier alpha value is -2.55. The molecule has 0 amide bonds. The second-order valence-corrected chi connectivity index (χ2v) is 10.4. The third-order valence-corrected chi connectivity index (χ3v) is 7.69. The molecule has 0 fully saturated rings. The van der Waals surface area contributed by atoms with E-state index in [1.54, 1.807) is 38.6 Å². The van der Waals surface area contributed by atoms with Crippen LogP contribution < -0.4 is 4.74 Å². The monoisotopic (exact) mass is 488 g/mol. The minimum Gasteiger partial charge on any atom is -0.487 e. The van der Waals surface area contributed by atoms with E-state index in [-0.39, 0.29) is 42.4 Å². The Morgan fingerprint density at radius 3 is 2.76 bits per heavy atom. The van der Waals surface area contributed by atoms with E-state index in [0.717, 1.165) is 5.56 Å². The van der Waals surface area contributed by atoms with Crippen LogP contribution in [0.1, 0.15) is 25.0 Å². The van der Waals surface area contributed by atoms with E-state index in [4.69, 9.17) is 9.47 Å². The van der Waals surface area contributed by atoms with Gasteiger partial charge in [0.2, 0.25) is 10.0 Å². The Balaban J connectivity index is 1.97. The quantitative estimate of drug-likeness (QED) is 0.583. The van der Waals surface area contributed by atoms with Gasteiger partial charge in [-0.1, -0.05) is 18.8 Å². The molecule has 2 aromatic rings. The van der Waals surface area contributed by atoms with Crippen molar-refractivity contribution in [3.05, 3.63) is 48.0 Å². The molecule has 0 unspecified atom stereocenters. The minimum absolute atomic E-state index is 0.0705. The fraction of sp³-hybridized carbons (Fsp3) is 0.500. The molecule has 3 rings (SSSR count). The molecule has 0 aliphatic carbocycles. The zero-order valence-electron chi connectivity index (χ0n) is 20.0. The van der Waals surface area contributed by atoms with Gasteiger partial charge in [-0.2, -0.15) is 4.31 Å². The first-order valence-corrected chi connectivity index (χ1v) is 12.5. The predicted molar refractivity (Wildman–Crippen MR) is 128 cm³/mol. The number of hydrogen-bond acceptors (Lipinski definition) is 8. The molecule has 2 heterocycles. The van der Waals surface area contributed by atoms with Crippen molar-refractivity contribution >= 4 is 10.0 Å². The van der Waals surface area contributed by atoms with E-state index < -0.39 is 16.1 Å². The van der Waals surface area contributed by atoms with Crippen molar-refractivity contribution in [2.75, 3.05) is 40.5 Å². The first-order valence-electron chi connectivity index (χ1n) is 11.1. The summed E-state index contributed by atoms with van der Waals surface area (Å²) in [5.74, 6) is 5.97. The van der Waals surface area contributed by atoms with Gasteiger partial charge >= 0.3 is 0 Å². The van der Waals surface area contributed by atoms with Gasteiger partial charge in [0.15, 0.2) is 0 Å². The summed E-state index contributed by atoms with van der Waals surface area (Å²) in [5.41, 5.74) is 1.60. The van der Waals surface area contributed by atoms with Crippen molar-refractivity contribution in [2.24, 2.45) is 5.92 Å². The van der Waals surface area contributed by atoms with E-state index in [0.29, 0.717) is 18.7 Å². The fourth-order valence-corrected chi connectivity index (χ4v) is 5.65. The highest BCUT2D eigenvalue weighted by Gasteiger charge is 2.38. The summed E-state index contributed by atoms with van der Waals surface area (Å²) in [6, 6.07) is 4.27. The van der Waals surface area contributed by atoms with Gasteiger partial charge in [-0.25, -0.2) is 18.4 Å². The molecule has 184 valence electrons. The molecule has 0 bridgehead atoms. The average molecular weight is 489 g/mol. The molecular formula is C24H32N4O5S. The zero-order valence-corrected chi connectivity index (χ0v) is 20.8. The van der Waals surface area contributed by atoms with Crippen molar-refractivity contribution in [3.8, 4) is 17.6 Å². The summed E-state index contributed by atoms with van der Waals surface area (Å²) in [5, 5.41) is 9.77. The van der Waals surface area contributed by atoms with Gasteiger partial charge in [0.1, 0.15) is 29.7 Å². The van der Waals surface area contributed by atoms with Gasteiger partial charge in [-0.15, -0.1) is 0 Å². The number of rotatable bonds is 7. The number of likely N-dealkylation sites (N-methyl/N-ethyl adjacent to an activating group) is 1. The normalized spacial score (nSPS) is 20.9. The summed E-state index contributed by atoms with van der Waals surface area (Å²) >= 11 is 0. The Bertz CT molecular complexity index is 1120. The summed E-state index contributed by atoms with van der Waals surface area (Å²) in [4.78, 5) is 10.3. The van der Waals surface area contributed by atoms with Crippen molar-refractivity contribution in [2.45, 2.75) is 37.4 Å². The van der Waals surface area contributed by atoms with Crippen molar-refractivity contribution in [3.63, 3.8) is 0 Å². The minimum atomic E-state index is -3.88. The van der Waals surface area contributed by atoms with Crippen LogP contribution in [0, 0.1) is 17.8 Å². The van der Waals surface area contributed by atoms with Crippen molar-refractivity contribution in [1.82, 2.24) is 19.2 Å². The molecule has 0 saturated heterocycles. The summed E-state index contributed by atoms with van der Waals surface area (Å²) in [6.07, 6.45) is 4.72. The van der Waals surface area contributed by atoms with Crippen LogP contribution in [0.15, 0.2) is 41.8 Å². The lowest BCUT2D eigenvalue weighted by molar-refractivity contribution is 0.0733. The van der Waals surface area contributed by atoms with E-state index in [9.17, 15) is 13.5 Å². The second kappa shape index (κ2) is 11.7. The van der Waals surface area contributed by atoms with Crippen LogP contribution in [0.4, 0.5) is 0 Å². The second-order valence-electron chi connectivity index (χ2n) is 8.58. The lowest BCUT2D eigenvalue weighted by Crippen LogP contribution is -2.49. The molecular weight excluding hydrogens is 456 g/mol. The molecule has 34 heavy (non-hydrogen) atoms. The van der Waals surface area contributed by atoms with E-state index in [1.165, 1.54) is 16.7 Å². The van der Waals surface area contributed by atoms with E-state index in [1.807, 2.05) is 14.0 Å². The van der Waals surface area contributed by atoms with E-state index >= 15 is 0 Å². The topological polar surface area (TPSA) is 105 Å². The number of aromatic nitrogens is 2. The third-order valence-electron chi connectivity index (χ3n) is 5.67. The van der Waals surface area contributed by atoms with Gasteiger partial charge in [0.25, 0.3) is 0 Å². The lowest BCUT2D eigenvalue weighted by atomic mass is 10.0. The predicted octanol–water partition coefficient (Wildman–Crippen LogP) is 1.38. The standard InChI is InChI=1S/C24H32N4O5S/c1-18-13-28(19(2)16-29)34(30,31)24-8-7-20(6-5-9-32-4)10-22(24)33-23(18)15-27(3)14-21-11-25-17-26-12-21/h7-8,10-12,17-19,23,29H,9,13-16H2,1-4H3/t18-,19-,23-/m1/s1. The molecule has 3 atom stereocenters. The summed E-state index contributed by atoms with van der Waals surface area (Å²) in [7, 11) is -0.350. The number of ether oxygens (including phenoxy) is 2. The molecule has 0 radical (unpaired) electrons. The van der Waals surface area contributed by atoms with Crippen molar-refractivity contribution in [1.29, 1.82) is 0 Å². The number of benzene rings is 1. The van der Waals surface area contributed by atoms with Crippen LogP contribution in [-0.4, -0.2) is 85.3 Å². The number of methoxy groups -OCH3 is 1. The Labute approximate surface area is 201 Å². The Morgan fingerprint density at radius 2 is 2.09 bits per heavy atom. The van der Waals surface area contributed by atoms with Gasteiger partial charge in [-0.3, -0.25) is 4.90 Å². The SMILES string of the molecule is COCC#Cc1ccc2c(c1)O[C@H](CN(C)Cc1cncnc1)[C@H](C)CN([C@H](C)CO)S2(=O)=O.